The van der Waals surface area contributed by atoms with Gasteiger partial charge < -0.3 is 4.74 Å². The van der Waals surface area contributed by atoms with Crippen molar-refractivity contribution in [3.8, 4) is 0 Å². The lowest BCUT2D eigenvalue weighted by atomic mass is 9.92. The maximum atomic E-state index is 11.8. The Bertz CT molecular complexity index is 422. The zero-order chi connectivity index (χ0) is 12.8. The third kappa shape index (κ3) is 3.52. The maximum Gasteiger partial charge on any atom is 0.320 e. The van der Waals surface area contributed by atoms with E-state index in [9.17, 15) is 14.4 Å². The zero-order valence-electron chi connectivity index (χ0n) is 9.80. The van der Waals surface area contributed by atoms with Gasteiger partial charge in [-0.1, -0.05) is 30.3 Å². The van der Waals surface area contributed by atoms with Crippen LogP contribution in [-0.4, -0.2) is 24.6 Å². The molecule has 0 amide bonds. The molecule has 0 aliphatic heterocycles. The van der Waals surface area contributed by atoms with Gasteiger partial charge in [0.1, 0.15) is 11.7 Å². The van der Waals surface area contributed by atoms with Gasteiger partial charge in [0.05, 0.1) is 13.5 Å². The van der Waals surface area contributed by atoms with Crippen LogP contribution in [0.15, 0.2) is 30.3 Å². The van der Waals surface area contributed by atoms with E-state index < -0.39 is 17.7 Å². The van der Waals surface area contributed by atoms with Gasteiger partial charge in [0, 0.05) is 0 Å². The maximum absolute atomic E-state index is 11.8. The molecule has 0 aliphatic carbocycles. The number of hydrogen-bond acceptors (Lipinski definition) is 4. The van der Waals surface area contributed by atoms with Crippen molar-refractivity contribution in [3.63, 3.8) is 0 Å². The fraction of sp³-hybridized carbons (Fsp3) is 0.308. The van der Waals surface area contributed by atoms with Crippen molar-refractivity contribution in [1.29, 1.82) is 0 Å². The van der Waals surface area contributed by atoms with Crippen LogP contribution in [0.3, 0.4) is 0 Å². The Balaban J connectivity index is 3.00. The van der Waals surface area contributed by atoms with Crippen LogP contribution in [0.2, 0.25) is 0 Å². The summed E-state index contributed by atoms with van der Waals surface area (Å²) in [5.41, 5.74) is 0.547. The van der Waals surface area contributed by atoms with Crippen molar-refractivity contribution < 1.29 is 19.1 Å². The van der Waals surface area contributed by atoms with Crippen molar-refractivity contribution >= 4 is 17.5 Å². The Morgan fingerprint density at radius 2 is 1.76 bits per heavy atom. The molecule has 1 aromatic carbocycles. The summed E-state index contributed by atoms with van der Waals surface area (Å²) in [6.45, 7) is 1.32. The summed E-state index contributed by atoms with van der Waals surface area (Å²) in [5, 5.41) is 0. The minimum Gasteiger partial charge on any atom is -0.468 e. The average molecular weight is 234 g/mol. The number of benzene rings is 1. The molecule has 0 fully saturated rings. The lowest BCUT2D eigenvalue weighted by Crippen LogP contribution is -2.24. The van der Waals surface area contributed by atoms with Gasteiger partial charge in [0.25, 0.3) is 0 Å². The monoisotopic (exact) mass is 234 g/mol. The van der Waals surface area contributed by atoms with Gasteiger partial charge in [-0.3, -0.25) is 14.4 Å². The van der Waals surface area contributed by atoms with Gasteiger partial charge in [-0.15, -0.1) is 0 Å². The van der Waals surface area contributed by atoms with Crippen LogP contribution in [0, 0.1) is 0 Å². The molecule has 0 bridgehead atoms. The number of Topliss-reactive ketones (excluding diaryl/α,β-unsaturated/α-hetero) is 2. The van der Waals surface area contributed by atoms with E-state index in [0.717, 1.165) is 0 Å². The van der Waals surface area contributed by atoms with Crippen LogP contribution < -0.4 is 0 Å². The summed E-state index contributed by atoms with van der Waals surface area (Å²) < 4.78 is 4.60. The van der Waals surface area contributed by atoms with Crippen molar-refractivity contribution in [3.05, 3.63) is 35.9 Å². The molecule has 4 nitrogen and oxygen atoms in total. The predicted molar refractivity (Wildman–Crippen MR) is 61.5 cm³/mol. The fourth-order valence-electron chi connectivity index (χ4n) is 1.56. The molecule has 17 heavy (non-hydrogen) atoms. The second-order valence-corrected chi connectivity index (χ2v) is 3.71. The molecular formula is C13H14O4. The van der Waals surface area contributed by atoms with E-state index in [-0.39, 0.29) is 12.2 Å². The summed E-state index contributed by atoms with van der Waals surface area (Å²) in [6.07, 6.45) is -0.255. The topological polar surface area (TPSA) is 60.4 Å². The van der Waals surface area contributed by atoms with Gasteiger partial charge in [0.15, 0.2) is 5.78 Å². The highest BCUT2D eigenvalue weighted by Crippen LogP contribution is 2.19. The van der Waals surface area contributed by atoms with E-state index in [1.807, 2.05) is 0 Å². The smallest absolute Gasteiger partial charge is 0.320 e. The first-order valence-electron chi connectivity index (χ1n) is 5.21. The molecule has 90 valence electrons. The van der Waals surface area contributed by atoms with Crippen LogP contribution in [0.4, 0.5) is 0 Å². The third-order valence-corrected chi connectivity index (χ3v) is 2.31. The highest BCUT2D eigenvalue weighted by molar-refractivity contribution is 6.10. The van der Waals surface area contributed by atoms with Crippen molar-refractivity contribution in [2.24, 2.45) is 0 Å². The van der Waals surface area contributed by atoms with E-state index in [4.69, 9.17) is 0 Å². The number of hydrogen-bond donors (Lipinski definition) is 0. The molecule has 1 atom stereocenters. The van der Waals surface area contributed by atoms with E-state index in [1.54, 1.807) is 30.3 Å². The summed E-state index contributed by atoms with van der Waals surface area (Å²) >= 11 is 0. The van der Waals surface area contributed by atoms with Crippen LogP contribution in [0.1, 0.15) is 24.8 Å². The zero-order valence-corrected chi connectivity index (χ0v) is 9.80. The van der Waals surface area contributed by atoms with Crippen LogP contribution in [-0.2, 0) is 19.1 Å². The Morgan fingerprint density at radius 3 is 2.24 bits per heavy atom. The van der Waals surface area contributed by atoms with Crippen molar-refractivity contribution in [2.75, 3.05) is 7.11 Å². The lowest BCUT2D eigenvalue weighted by molar-refractivity contribution is -0.145. The largest absolute Gasteiger partial charge is 0.468 e. The average Bonchev–Trinajstić information content (AvgIpc) is 2.29. The minimum absolute atomic E-state index is 0.255. The molecule has 0 aromatic heterocycles. The highest BCUT2D eigenvalue weighted by Gasteiger charge is 2.29. The Morgan fingerprint density at radius 1 is 1.18 bits per heavy atom. The fourth-order valence-corrected chi connectivity index (χ4v) is 1.56. The van der Waals surface area contributed by atoms with Crippen LogP contribution in [0.5, 0.6) is 0 Å². The van der Waals surface area contributed by atoms with E-state index in [2.05, 4.69) is 4.74 Å². The number of methoxy groups -OCH3 is 1. The van der Waals surface area contributed by atoms with E-state index in [0.29, 0.717) is 5.56 Å². The summed E-state index contributed by atoms with van der Waals surface area (Å²) in [6, 6.07) is 8.57. The van der Waals surface area contributed by atoms with Crippen LogP contribution >= 0.6 is 0 Å². The minimum atomic E-state index is -1.01. The van der Waals surface area contributed by atoms with Gasteiger partial charge in [-0.2, -0.15) is 0 Å². The molecule has 0 N–H and O–H groups in total. The molecule has 0 saturated heterocycles. The predicted octanol–water partition coefficient (Wildman–Crippen LogP) is 1.49. The SMILES string of the molecule is COC(=O)C(C(=O)CC(C)=O)c1ccccc1. The Kier molecular flexibility index (Phi) is 4.57. The molecule has 0 spiro atoms. The Hall–Kier alpha value is -1.97. The second-order valence-electron chi connectivity index (χ2n) is 3.71. The third-order valence-electron chi connectivity index (χ3n) is 2.31. The molecule has 0 heterocycles. The molecular weight excluding hydrogens is 220 g/mol. The summed E-state index contributed by atoms with van der Waals surface area (Å²) in [5.74, 6) is -2.34. The highest BCUT2D eigenvalue weighted by atomic mass is 16.5. The molecule has 1 rings (SSSR count). The molecule has 4 heteroatoms. The van der Waals surface area contributed by atoms with Gasteiger partial charge in [-0.25, -0.2) is 0 Å². The summed E-state index contributed by atoms with van der Waals surface area (Å²) in [4.78, 5) is 34.3. The molecule has 0 aliphatic rings. The van der Waals surface area contributed by atoms with Gasteiger partial charge >= 0.3 is 5.97 Å². The van der Waals surface area contributed by atoms with E-state index >= 15 is 0 Å². The number of ether oxygens (including phenoxy) is 1. The number of carbonyl (C=O) groups excluding carboxylic acids is 3. The standard InChI is InChI=1S/C13H14O4/c1-9(14)8-11(15)12(13(16)17-2)10-6-4-3-5-7-10/h3-7,12H,8H2,1-2H3. The van der Waals surface area contributed by atoms with Gasteiger partial charge in [-0.05, 0) is 12.5 Å². The molecule has 0 radical (unpaired) electrons. The summed E-state index contributed by atoms with van der Waals surface area (Å²) in [7, 11) is 1.22. The van der Waals surface area contributed by atoms with E-state index in [1.165, 1.54) is 14.0 Å². The number of ketones is 2. The number of carbonyl (C=O) groups is 3. The molecule has 1 aromatic rings. The lowest BCUT2D eigenvalue weighted by Gasteiger charge is -2.12. The Labute approximate surface area is 99.6 Å². The van der Waals surface area contributed by atoms with Crippen molar-refractivity contribution in [1.82, 2.24) is 0 Å². The van der Waals surface area contributed by atoms with Crippen molar-refractivity contribution in [2.45, 2.75) is 19.3 Å². The number of esters is 1. The van der Waals surface area contributed by atoms with Gasteiger partial charge in [0.2, 0.25) is 0 Å². The number of rotatable bonds is 5. The first-order valence-corrected chi connectivity index (χ1v) is 5.21. The second kappa shape index (κ2) is 5.94. The molecule has 0 saturated carbocycles. The first kappa shape index (κ1) is 13.1. The molecule has 1 unspecified atom stereocenters. The quantitative estimate of drug-likeness (QED) is 0.572. The van der Waals surface area contributed by atoms with Crippen LogP contribution in [0.25, 0.3) is 0 Å². The first-order chi connectivity index (χ1) is 8.06. The normalized spacial score (nSPS) is 11.6.